The number of nitrogens with zero attached hydrogens (tertiary/aromatic N) is 1. The van der Waals surface area contributed by atoms with Crippen LogP contribution in [0.3, 0.4) is 0 Å². The van der Waals surface area contributed by atoms with E-state index < -0.39 is 0 Å². The third-order valence-corrected chi connectivity index (χ3v) is 3.01. The van der Waals surface area contributed by atoms with E-state index in [2.05, 4.69) is 9.97 Å². The maximum atomic E-state index is 11.2. The molecule has 16 heavy (non-hydrogen) atoms. The first-order valence-electron chi connectivity index (χ1n) is 4.47. The van der Waals surface area contributed by atoms with Crippen LogP contribution in [0.5, 0.6) is 5.75 Å². The van der Waals surface area contributed by atoms with Crippen LogP contribution in [0.1, 0.15) is 0 Å². The lowest BCUT2D eigenvalue weighted by atomic mass is 10.3. The van der Waals surface area contributed by atoms with E-state index in [4.69, 9.17) is 5.73 Å². The van der Waals surface area contributed by atoms with Gasteiger partial charge >= 0.3 is 0 Å². The molecule has 1 aromatic carbocycles. The van der Waals surface area contributed by atoms with Crippen LogP contribution < -0.4 is 11.3 Å². The molecule has 1 aromatic heterocycles. The Kier molecular flexibility index (Phi) is 2.82. The molecule has 0 aliphatic heterocycles. The highest BCUT2D eigenvalue weighted by molar-refractivity contribution is 7.99. The molecule has 82 valence electrons. The van der Waals surface area contributed by atoms with E-state index in [9.17, 15) is 9.90 Å². The number of nitrogens with one attached hydrogen (secondary N) is 1. The molecule has 0 aliphatic carbocycles. The number of aromatic nitrogens is 2. The Bertz CT molecular complexity index is 568. The van der Waals surface area contributed by atoms with Gasteiger partial charge in [-0.3, -0.25) is 4.79 Å². The number of nitrogens with two attached hydrogens (primary N) is 1. The number of H-pyrrole nitrogens is 1. The summed E-state index contributed by atoms with van der Waals surface area (Å²) in [6, 6.07) is 6.79. The lowest BCUT2D eigenvalue weighted by molar-refractivity contribution is 0.462. The maximum Gasteiger partial charge on any atom is 0.275 e. The number of aromatic hydroxyl groups is 1. The number of phenols is 1. The molecule has 0 saturated heterocycles. The zero-order valence-corrected chi connectivity index (χ0v) is 8.99. The Morgan fingerprint density at radius 2 is 2.12 bits per heavy atom. The molecule has 4 N–H and O–H groups in total. The first kappa shape index (κ1) is 10.6. The van der Waals surface area contributed by atoms with Gasteiger partial charge in [0.15, 0.2) is 0 Å². The van der Waals surface area contributed by atoms with E-state index >= 15 is 0 Å². The van der Waals surface area contributed by atoms with E-state index in [-0.39, 0.29) is 17.0 Å². The van der Waals surface area contributed by atoms with E-state index in [0.717, 1.165) is 11.8 Å². The minimum Gasteiger partial charge on any atom is -0.507 e. The standard InChI is InChI=1S/C10H9N3O2S/c11-8-9(15)12-5-13-10(8)16-7-4-2-1-3-6(7)14/h1-5,14H,11H2,(H,12,13,15). The second-order valence-corrected chi connectivity index (χ2v) is 4.05. The van der Waals surface area contributed by atoms with Crippen molar-refractivity contribution in [2.75, 3.05) is 5.73 Å². The van der Waals surface area contributed by atoms with E-state index in [1.165, 1.54) is 6.33 Å². The zero-order chi connectivity index (χ0) is 11.5. The summed E-state index contributed by atoms with van der Waals surface area (Å²) in [5.41, 5.74) is 5.24. The van der Waals surface area contributed by atoms with Gasteiger partial charge in [0.1, 0.15) is 16.5 Å². The average Bonchev–Trinajstić information content (AvgIpc) is 2.28. The zero-order valence-electron chi connectivity index (χ0n) is 8.18. The number of hydrogen-bond donors (Lipinski definition) is 3. The third kappa shape index (κ3) is 2.01. The van der Waals surface area contributed by atoms with Gasteiger partial charge < -0.3 is 15.8 Å². The molecule has 0 spiro atoms. The van der Waals surface area contributed by atoms with Crippen molar-refractivity contribution in [2.45, 2.75) is 9.92 Å². The fraction of sp³-hybridized carbons (Fsp3) is 0. The van der Waals surface area contributed by atoms with Gasteiger partial charge in [-0.25, -0.2) is 4.98 Å². The second-order valence-electron chi connectivity index (χ2n) is 3.02. The van der Waals surface area contributed by atoms with Crippen LogP contribution >= 0.6 is 11.8 Å². The fourth-order valence-corrected chi connectivity index (χ4v) is 1.96. The molecule has 1 heterocycles. The van der Waals surface area contributed by atoms with Gasteiger partial charge in [0.05, 0.1) is 11.2 Å². The van der Waals surface area contributed by atoms with Crippen LogP contribution in [0.25, 0.3) is 0 Å². The molecule has 0 atom stereocenters. The molecule has 0 aliphatic rings. The average molecular weight is 235 g/mol. The van der Waals surface area contributed by atoms with Crippen molar-refractivity contribution in [2.24, 2.45) is 0 Å². The van der Waals surface area contributed by atoms with Gasteiger partial charge in [-0.2, -0.15) is 0 Å². The molecule has 6 heteroatoms. The summed E-state index contributed by atoms with van der Waals surface area (Å²) in [5.74, 6) is 0.133. The SMILES string of the molecule is Nc1c(Sc2ccccc2O)nc[nH]c1=O. The van der Waals surface area contributed by atoms with Crippen LogP contribution in [-0.2, 0) is 0 Å². The molecule has 0 saturated carbocycles. The summed E-state index contributed by atoms with van der Waals surface area (Å²) in [7, 11) is 0. The van der Waals surface area contributed by atoms with Crippen molar-refractivity contribution in [1.82, 2.24) is 9.97 Å². The van der Waals surface area contributed by atoms with Crippen LogP contribution in [0, 0.1) is 0 Å². The fourth-order valence-electron chi connectivity index (χ4n) is 1.12. The first-order chi connectivity index (χ1) is 7.68. The number of benzene rings is 1. The molecule has 0 fully saturated rings. The summed E-state index contributed by atoms with van der Waals surface area (Å²) in [6.45, 7) is 0. The van der Waals surface area contributed by atoms with E-state index in [0.29, 0.717) is 9.92 Å². The van der Waals surface area contributed by atoms with Gasteiger partial charge in [0, 0.05) is 0 Å². The minimum absolute atomic E-state index is 0.0516. The van der Waals surface area contributed by atoms with Crippen molar-refractivity contribution >= 4 is 17.4 Å². The highest BCUT2D eigenvalue weighted by Gasteiger charge is 2.08. The third-order valence-electron chi connectivity index (χ3n) is 1.92. The van der Waals surface area contributed by atoms with Crippen molar-refractivity contribution in [3.8, 4) is 5.75 Å². The number of nitrogen functional groups attached to an aromatic ring is 1. The highest BCUT2D eigenvalue weighted by atomic mass is 32.2. The topological polar surface area (TPSA) is 92.0 Å². The largest absolute Gasteiger partial charge is 0.507 e. The number of hydrogen-bond acceptors (Lipinski definition) is 5. The highest BCUT2D eigenvalue weighted by Crippen LogP contribution is 2.34. The molecule has 2 rings (SSSR count). The molecule has 0 bridgehead atoms. The molecule has 0 radical (unpaired) electrons. The van der Waals surface area contributed by atoms with Crippen LogP contribution in [0.4, 0.5) is 5.69 Å². The number of para-hydroxylation sites is 1. The van der Waals surface area contributed by atoms with E-state index in [1.54, 1.807) is 24.3 Å². The number of aromatic amines is 1. The van der Waals surface area contributed by atoms with E-state index in [1.807, 2.05) is 0 Å². The van der Waals surface area contributed by atoms with Gasteiger partial charge in [0.25, 0.3) is 5.56 Å². The summed E-state index contributed by atoms with van der Waals surface area (Å²) >= 11 is 1.15. The summed E-state index contributed by atoms with van der Waals surface area (Å²) < 4.78 is 0. The van der Waals surface area contributed by atoms with Crippen LogP contribution in [-0.4, -0.2) is 15.1 Å². The lowest BCUT2D eigenvalue weighted by Crippen LogP contribution is -2.13. The van der Waals surface area contributed by atoms with Gasteiger partial charge in [-0.15, -0.1) is 0 Å². The predicted molar refractivity (Wildman–Crippen MR) is 61.5 cm³/mol. The lowest BCUT2D eigenvalue weighted by Gasteiger charge is -2.04. The van der Waals surface area contributed by atoms with Crippen LogP contribution in [0.2, 0.25) is 0 Å². The molecule has 5 nitrogen and oxygen atoms in total. The smallest absolute Gasteiger partial charge is 0.275 e. The van der Waals surface area contributed by atoms with Gasteiger partial charge in [-0.1, -0.05) is 23.9 Å². The second kappa shape index (κ2) is 4.28. The summed E-state index contributed by atoms with van der Waals surface area (Å²) in [5, 5.41) is 9.94. The van der Waals surface area contributed by atoms with Crippen molar-refractivity contribution in [1.29, 1.82) is 0 Å². The van der Waals surface area contributed by atoms with Crippen molar-refractivity contribution in [3.05, 3.63) is 40.9 Å². The predicted octanol–water partition coefficient (Wildman–Crippen LogP) is 1.21. The first-order valence-corrected chi connectivity index (χ1v) is 5.29. The Morgan fingerprint density at radius 3 is 2.88 bits per heavy atom. The van der Waals surface area contributed by atoms with Crippen molar-refractivity contribution in [3.63, 3.8) is 0 Å². The summed E-state index contributed by atoms with van der Waals surface area (Å²) in [6.07, 6.45) is 1.28. The molecule has 2 aromatic rings. The van der Waals surface area contributed by atoms with Crippen LogP contribution in [0.15, 0.2) is 45.3 Å². The normalized spacial score (nSPS) is 10.2. The van der Waals surface area contributed by atoms with Gasteiger partial charge in [0.2, 0.25) is 0 Å². The minimum atomic E-state index is -0.382. The monoisotopic (exact) mass is 235 g/mol. The number of anilines is 1. The maximum absolute atomic E-state index is 11.2. The molecular formula is C10H9N3O2S. The number of phenolic OH excluding ortho intramolecular Hbond substituents is 1. The Hall–Kier alpha value is -1.95. The Labute approximate surface area is 95.3 Å². The Balaban J connectivity index is 2.38. The molecule has 0 unspecified atom stereocenters. The Morgan fingerprint density at radius 1 is 1.38 bits per heavy atom. The summed E-state index contributed by atoms with van der Waals surface area (Å²) in [4.78, 5) is 18.1. The number of rotatable bonds is 2. The van der Waals surface area contributed by atoms with Gasteiger partial charge in [-0.05, 0) is 12.1 Å². The van der Waals surface area contributed by atoms with Crippen molar-refractivity contribution < 1.29 is 5.11 Å². The molecule has 0 amide bonds. The molecular weight excluding hydrogens is 226 g/mol. The quantitative estimate of drug-likeness (QED) is 0.680.